The highest BCUT2D eigenvalue weighted by molar-refractivity contribution is 5.82. The van der Waals surface area contributed by atoms with E-state index in [0.717, 1.165) is 28.9 Å². The van der Waals surface area contributed by atoms with Gasteiger partial charge >= 0.3 is 0 Å². The van der Waals surface area contributed by atoms with Crippen LogP contribution >= 0.6 is 0 Å². The van der Waals surface area contributed by atoms with Gasteiger partial charge in [-0.25, -0.2) is 4.68 Å². The lowest BCUT2D eigenvalue weighted by molar-refractivity contribution is 0.714. The third-order valence-corrected chi connectivity index (χ3v) is 4.15. The van der Waals surface area contributed by atoms with Crippen molar-refractivity contribution >= 4 is 0 Å². The maximum absolute atomic E-state index is 6.44. The van der Waals surface area contributed by atoms with E-state index in [1.165, 1.54) is 11.1 Å². The van der Waals surface area contributed by atoms with E-state index in [0.29, 0.717) is 0 Å². The van der Waals surface area contributed by atoms with Crippen LogP contribution in [0.15, 0.2) is 48.5 Å². The maximum Gasteiger partial charge on any atom is 0.121 e. The highest BCUT2D eigenvalue weighted by Crippen LogP contribution is 2.39. The maximum atomic E-state index is 6.44. The molecule has 104 valence electrons. The first-order valence-corrected chi connectivity index (χ1v) is 7.08. The molecule has 1 heterocycles. The average molecular weight is 276 g/mol. The SMILES string of the molecule is Cn1nnc2c1-c1ccccc1CC(N)c1ccccc1-2. The number of aryl methyl sites for hydroxylation is 1. The number of benzene rings is 2. The summed E-state index contributed by atoms with van der Waals surface area (Å²) < 4.78 is 1.85. The standard InChI is InChI=1S/C17H16N4/c1-21-17-12-7-3-2-6-11(12)10-15(18)13-8-4-5-9-14(13)16(17)19-20-21/h2-9,15H,10,18H2,1H3. The van der Waals surface area contributed by atoms with Crippen LogP contribution in [0.25, 0.3) is 22.5 Å². The quantitative estimate of drug-likeness (QED) is 0.687. The highest BCUT2D eigenvalue weighted by atomic mass is 15.4. The predicted molar refractivity (Wildman–Crippen MR) is 82.5 cm³/mol. The van der Waals surface area contributed by atoms with Gasteiger partial charge in [0, 0.05) is 24.2 Å². The Kier molecular flexibility index (Phi) is 2.65. The number of hydrogen-bond donors (Lipinski definition) is 1. The number of fused-ring (bicyclic) bond motifs is 5. The molecular formula is C17H16N4. The van der Waals surface area contributed by atoms with Gasteiger partial charge in [-0.2, -0.15) is 0 Å². The molecule has 4 heteroatoms. The summed E-state index contributed by atoms with van der Waals surface area (Å²) in [6.07, 6.45) is 0.817. The second-order valence-corrected chi connectivity index (χ2v) is 5.47. The second-order valence-electron chi connectivity index (χ2n) is 5.47. The van der Waals surface area contributed by atoms with Crippen LogP contribution in [0.2, 0.25) is 0 Å². The zero-order valence-electron chi connectivity index (χ0n) is 11.8. The zero-order valence-corrected chi connectivity index (χ0v) is 11.8. The van der Waals surface area contributed by atoms with Crippen molar-refractivity contribution < 1.29 is 0 Å². The molecule has 0 amide bonds. The lowest BCUT2D eigenvalue weighted by Gasteiger charge is -2.21. The first kappa shape index (κ1) is 12.3. The number of rotatable bonds is 0. The number of aromatic nitrogens is 3. The molecule has 3 aromatic rings. The predicted octanol–water partition coefficient (Wildman–Crippen LogP) is 2.71. The van der Waals surface area contributed by atoms with Gasteiger partial charge in [0.15, 0.2) is 0 Å². The second kappa shape index (κ2) is 4.53. The van der Waals surface area contributed by atoms with Gasteiger partial charge < -0.3 is 5.73 Å². The molecule has 2 N–H and O–H groups in total. The van der Waals surface area contributed by atoms with Crippen LogP contribution < -0.4 is 5.73 Å². The molecule has 0 bridgehead atoms. The Morgan fingerprint density at radius 2 is 1.76 bits per heavy atom. The first-order valence-electron chi connectivity index (χ1n) is 7.08. The number of nitrogens with two attached hydrogens (primary N) is 1. The molecule has 0 saturated carbocycles. The summed E-state index contributed by atoms with van der Waals surface area (Å²) in [7, 11) is 1.94. The molecule has 0 saturated heterocycles. The van der Waals surface area contributed by atoms with Crippen molar-refractivity contribution in [1.29, 1.82) is 0 Å². The summed E-state index contributed by atoms with van der Waals surface area (Å²) >= 11 is 0. The molecule has 1 unspecified atom stereocenters. The molecule has 2 aromatic carbocycles. The fourth-order valence-electron chi connectivity index (χ4n) is 3.15. The first-order chi connectivity index (χ1) is 10.3. The fourth-order valence-corrected chi connectivity index (χ4v) is 3.15. The van der Waals surface area contributed by atoms with Crippen LogP contribution in [0.4, 0.5) is 0 Å². The Bertz CT molecular complexity index is 819. The minimum atomic E-state index is -0.0301. The van der Waals surface area contributed by atoms with E-state index in [4.69, 9.17) is 5.73 Å². The Morgan fingerprint density at radius 3 is 2.62 bits per heavy atom. The van der Waals surface area contributed by atoms with Gasteiger partial charge in [-0.15, -0.1) is 5.10 Å². The van der Waals surface area contributed by atoms with E-state index in [1.54, 1.807) is 0 Å². The van der Waals surface area contributed by atoms with Crippen molar-refractivity contribution in [3.8, 4) is 22.5 Å². The van der Waals surface area contributed by atoms with E-state index in [1.807, 2.05) is 23.9 Å². The van der Waals surface area contributed by atoms with Gasteiger partial charge in [0.1, 0.15) is 5.69 Å². The summed E-state index contributed by atoms with van der Waals surface area (Å²) in [4.78, 5) is 0. The normalized spacial score (nSPS) is 16.4. The van der Waals surface area contributed by atoms with Crippen molar-refractivity contribution in [3.63, 3.8) is 0 Å². The monoisotopic (exact) mass is 276 g/mol. The lowest BCUT2D eigenvalue weighted by Crippen LogP contribution is -2.17. The van der Waals surface area contributed by atoms with Gasteiger partial charge in [0.05, 0.1) is 5.69 Å². The van der Waals surface area contributed by atoms with Crippen LogP contribution in [0, 0.1) is 0 Å². The van der Waals surface area contributed by atoms with Gasteiger partial charge in [-0.3, -0.25) is 0 Å². The largest absolute Gasteiger partial charge is 0.324 e. The molecule has 1 atom stereocenters. The van der Waals surface area contributed by atoms with E-state index in [2.05, 4.69) is 46.7 Å². The minimum absolute atomic E-state index is 0.0301. The Hall–Kier alpha value is -2.46. The molecule has 0 radical (unpaired) electrons. The van der Waals surface area contributed by atoms with Crippen molar-refractivity contribution in [3.05, 3.63) is 59.7 Å². The van der Waals surface area contributed by atoms with Crippen molar-refractivity contribution in [1.82, 2.24) is 15.0 Å². The fraction of sp³-hybridized carbons (Fsp3) is 0.176. The summed E-state index contributed by atoms with van der Waals surface area (Å²) in [5.41, 5.74) is 13.0. The topological polar surface area (TPSA) is 56.7 Å². The number of nitrogens with zero attached hydrogens (tertiary/aromatic N) is 3. The third-order valence-electron chi connectivity index (χ3n) is 4.15. The summed E-state index contributed by atoms with van der Waals surface area (Å²) in [6.45, 7) is 0. The van der Waals surface area contributed by atoms with Crippen molar-refractivity contribution in [2.75, 3.05) is 0 Å². The van der Waals surface area contributed by atoms with E-state index in [-0.39, 0.29) is 6.04 Å². The number of hydrogen-bond acceptors (Lipinski definition) is 3. The molecule has 1 aromatic heterocycles. The Balaban J connectivity index is 2.11. The van der Waals surface area contributed by atoms with Gasteiger partial charge in [-0.05, 0) is 17.5 Å². The third kappa shape index (κ3) is 1.80. The molecule has 4 nitrogen and oxygen atoms in total. The molecule has 0 spiro atoms. The van der Waals surface area contributed by atoms with Crippen LogP contribution in [0.3, 0.4) is 0 Å². The molecular weight excluding hydrogens is 260 g/mol. The van der Waals surface area contributed by atoms with Gasteiger partial charge in [0.2, 0.25) is 0 Å². The average Bonchev–Trinajstić information content (AvgIpc) is 2.88. The molecule has 1 aliphatic rings. The van der Waals surface area contributed by atoms with E-state index < -0.39 is 0 Å². The molecule has 0 aliphatic heterocycles. The minimum Gasteiger partial charge on any atom is -0.324 e. The lowest BCUT2D eigenvalue weighted by atomic mass is 9.87. The van der Waals surface area contributed by atoms with E-state index in [9.17, 15) is 0 Å². The Morgan fingerprint density at radius 1 is 1.05 bits per heavy atom. The van der Waals surface area contributed by atoms with Crippen molar-refractivity contribution in [2.24, 2.45) is 12.8 Å². The molecule has 21 heavy (non-hydrogen) atoms. The van der Waals surface area contributed by atoms with Crippen LogP contribution in [-0.2, 0) is 13.5 Å². The van der Waals surface area contributed by atoms with Crippen LogP contribution in [0.5, 0.6) is 0 Å². The van der Waals surface area contributed by atoms with Gasteiger partial charge in [-0.1, -0.05) is 53.7 Å². The Labute approximate surface area is 123 Å². The summed E-state index contributed by atoms with van der Waals surface area (Å²) in [5, 5.41) is 8.62. The van der Waals surface area contributed by atoms with Crippen molar-refractivity contribution in [2.45, 2.75) is 12.5 Å². The zero-order chi connectivity index (χ0) is 14.4. The summed E-state index contributed by atoms with van der Waals surface area (Å²) in [6, 6.07) is 16.6. The summed E-state index contributed by atoms with van der Waals surface area (Å²) in [5.74, 6) is 0. The van der Waals surface area contributed by atoms with Gasteiger partial charge in [0.25, 0.3) is 0 Å². The molecule has 4 rings (SSSR count). The highest BCUT2D eigenvalue weighted by Gasteiger charge is 2.25. The molecule has 0 fully saturated rings. The molecule has 1 aliphatic carbocycles. The smallest absolute Gasteiger partial charge is 0.121 e. The van der Waals surface area contributed by atoms with E-state index >= 15 is 0 Å². The van der Waals surface area contributed by atoms with Crippen LogP contribution in [-0.4, -0.2) is 15.0 Å². The van der Waals surface area contributed by atoms with Crippen LogP contribution in [0.1, 0.15) is 17.2 Å².